The Labute approximate surface area is 143 Å². The summed E-state index contributed by atoms with van der Waals surface area (Å²) in [6.45, 7) is 5.37. The molecular formula is C17H27ClN4O. The molecule has 0 spiro atoms. The first-order chi connectivity index (χ1) is 11.1. The number of carbonyl (C=O) groups excluding carboxylic acids is 1. The van der Waals surface area contributed by atoms with E-state index in [1.165, 1.54) is 0 Å². The highest BCUT2D eigenvalue weighted by Crippen LogP contribution is 2.28. The molecule has 128 valence electrons. The number of hydrogen-bond donors (Lipinski definition) is 2. The molecule has 1 amide bonds. The van der Waals surface area contributed by atoms with Gasteiger partial charge >= 0.3 is 0 Å². The van der Waals surface area contributed by atoms with Gasteiger partial charge in [0.25, 0.3) is 0 Å². The molecule has 0 atom stereocenters. The number of carbonyl (C=O) groups is 1. The van der Waals surface area contributed by atoms with Crippen molar-refractivity contribution in [2.45, 2.75) is 52.0 Å². The summed E-state index contributed by atoms with van der Waals surface area (Å²) in [6, 6.07) is 4.04. The summed E-state index contributed by atoms with van der Waals surface area (Å²) >= 11 is 5.88. The van der Waals surface area contributed by atoms with Gasteiger partial charge in [-0.1, -0.05) is 13.8 Å². The Balaban J connectivity index is 1.79. The summed E-state index contributed by atoms with van der Waals surface area (Å²) in [4.78, 5) is 19.1. The number of amides is 1. The Morgan fingerprint density at radius 2 is 1.96 bits per heavy atom. The second-order valence-corrected chi connectivity index (χ2v) is 6.86. The highest BCUT2D eigenvalue weighted by molar-refractivity contribution is 6.13. The van der Waals surface area contributed by atoms with Gasteiger partial charge in [0.15, 0.2) is 0 Å². The summed E-state index contributed by atoms with van der Waals surface area (Å²) in [5, 5.41) is 5.10. The van der Waals surface area contributed by atoms with Crippen LogP contribution in [0.25, 0.3) is 0 Å². The molecule has 0 radical (unpaired) electrons. The van der Waals surface area contributed by atoms with Crippen molar-refractivity contribution in [2.75, 3.05) is 11.9 Å². The molecule has 0 unspecified atom stereocenters. The summed E-state index contributed by atoms with van der Waals surface area (Å²) in [6.07, 6.45) is 8.27. The normalized spacial score (nSPS) is 21.6. The van der Waals surface area contributed by atoms with E-state index in [2.05, 4.69) is 34.1 Å². The zero-order valence-corrected chi connectivity index (χ0v) is 14.7. The second-order valence-electron chi connectivity index (χ2n) is 6.69. The van der Waals surface area contributed by atoms with Crippen LogP contribution in [0.1, 0.15) is 46.0 Å². The van der Waals surface area contributed by atoms with Crippen LogP contribution >= 0.6 is 11.8 Å². The average Bonchev–Trinajstić information content (AvgIpc) is 2.56. The summed E-state index contributed by atoms with van der Waals surface area (Å²) in [5.74, 6) is 0.855. The van der Waals surface area contributed by atoms with E-state index in [0.717, 1.165) is 44.3 Å². The SMILES string of the molecule is CC(C)CCN(NCl)C1CCC(C(=O)Nc2ccncc2)CC1. The van der Waals surface area contributed by atoms with Crippen molar-refractivity contribution in [1.82, 2.24) is 14.9 Å². The topological polar surface area (TPSA) is 57.3 Å². The Morgan fingerprint density at radius 3 is 2.52 bits per heavy atom. The summed E-state index contributed by atoms with van der Waals surface area (Å²) in [5.41, 5.74) is 0.813. The van der Waals surface area contributed by atoms with E-state index in [9.17, 15) is 4.79 Å². The molecule has 0 saturated heterocycles. The Morgan fingerprint density at radius 1 is 1.30 bits per heavy atom. The van der Waals surface area contributed by atoms with E-state index in [4.69, 9.17) is 11.8 Å². The van der Waals surface area contributed by atoms with Crippen LogP contribution in [0.5, 0.6) is 0 Å². The lowest BCUT2D eigenvalue weighted by atomic mass is 9.85. The third-order valence-corrected chi connectivity index (χ3v) is 4.73. The predicted octanol–water partition coefficient (Wildman–Crippen LogP) is 3.59. The molecule has 1 aliphatic carbocycles. The maximum absolute atomic E-state index is 12.3. The van der Waals surface area contributed by atoms with E-state index < -0.39 is 0 Å². The summed E-state index contributed by atoms with van der Waals surface area (Å²) < 4.78 is 0. The fraction of sp³-hybridized carbons (Fsp3) is 0.647. The lowest BCUT2D eigenvalue weighted by molar-refractivity contribution is -0.121. The predicted molar refractivity (Wildman–Crippen MR) is 93.8 cm³/mol. The Hall–Kier alpha value is -1.17. The van der Waals surface area contributed by atoms with Gasteiger partial charge in [-0.2, -0.15) is 4.94 Å². The fourth-order valence-corrected chi connectivity index (χ4v) is 3.24. The number of halogens is 1. The lowest BCUT2D eigenvalue weighted by Crippen LogP contribution is -2.45. The van der Waals surface area contributed by atoms with Crippen molar-refractivity contribution in [3.63, 3.8) is 0 Å². The minimum Gasteiger partial charge on any atom is -0.326 e. The minimum absolute atomic E-state index is 0.0849. The zero-order valence-electron chi connectivity index (χ0n) is 14.0. The molecule has 1 fully saturated rings. The molecule has 1 aliphatic rings. The third-order valence-electron chi connectivity index (χ3n) is 4.51. The molecule has 23 heavy (non-hydrogen) atoms. The van der Waals surface area contributed by atoms with Crippen molar-refractivity contribution < 1.29 is 4.79 Å². The number of aromatic nitrogens is 1. The monoisotopic (exact) mass is 338 g/mol. The van der Waals surface area contributed by atoms with Gasteiger partial charge < -0.3 is 5.32 Å². The van der Waals surface area contributed by atoms with Gasteiger partial charge in [-0.3, -0.25) is 9.78 Å². The third kappa shape index (κ3) is 5.75. The van der Waals surface area contributed by atoms with Crippen molar-refractivity contribution >= 4 is 23.4 Å². The number of hydrazine groups is 1. The average molecular weight is 339 g/mol. The molecule has 2 rings (SSSR count). The van der Waals surface area contributed by atoms with E-state index in [1.54, 1.807) is 12.4 Å². The van der Waals surface area contributed by atoms with Gasteiger partial charge in [0.2, 0.25) is 5.91 Å². The van der Waals surface area contributed by atoms with Crippen molar-refractivity contribution in [2.24, 2.45) is 11.8 Å². The van der Waals surface area contributed by atoms with Crippen LogP contribution in [-0.4, -0.2) is 28.5 Å². The second kappa shape index (κ2) is 9.21. The van der Waals surface area contributed by atoms with Crippen LogP contribution in [0.3, 0.4) is 0 Å². The number of nitrogens with zero attached hydrogens (tertiary/aromatic N) is 2. The maximum atomic E-state index is 12.3. The standard InChI is InChI=1S/C17H27ClN4O/c1-13(2)9-12-22(21-18)16-5-3-14(4-6-16)17(23)20-15-7-10-19-11-8-15/h7-8,10-11,13-14,16,21H,3-6,9,12H2,1-2H3,(H,19,20,23). The highest BCUT2D eigenvalue weighted by atomic mass is 35.5. The first-order valence-electron chi connectivity index (χ1n) is 8.44. The summed E-state index contributed by atoms with van der Waals surface area (Å²) in [7, 11) is 0. The molecule has 1 heterocycles. The van der Waals surface area contributed by atoms with Crippen molar-refractivity contribution in [1.29, 1.82) is 0 Å². The van der Waals surface area contributed by atoms with Crippen LogP contribution in [0, 0.1) is 11.8 Å². The van der Waals surface area contributed by atoms with Gasteiger partial charge in [0.1, 0.15) is 0 Å². The fourth-order valence-electron chi connectivity index (χ4n) is 3.02. The number of anilines is 1. The molecule has 6 heteroatoms. The van der Waals surface area contributed by atoms with Gasteiger partial charge in [0, 0.05) is 36.6 Å². The van der Waals surface area contributed by atoms with Crippen LogP contribution < -0.4 is 10.3 Å². The van der Waals surface area contributed by atoms with Crippen LogP contribution in [0.15, 0.2) is 24.5 Å². The molecule has 1 aromatic heterocycles. The van der Waals surface area contributed by atoms with Crippen molar-refractivity contribution in [3.8, 4) is 0 Å². The lowest BCUT2D eigenvalue weighted by Gasteiger charge is -2.35. The minimum atomic E-state index is 0.0849. The van der Waals surface area contributed by atoms with E-state index in [-0.39, 0.29) is 11.8 Å². The first kappa shape index (κ1) is 18.2. The van der Waals surface area contributed by atoms with Crippen molar-refractivity contribution in [3.05, 3.63) is 24.5 Å². The van der Waals surface area contributed by atoms with Gasteiger partial charge in [-0.25, -0.2) is 5.01 Å². The number of hydrogen-bond acceptors (Lipinski definition) is 4. The molecule has 2 N–H and O–H groups in total. The van der Waals surface area contributed by atoms with Gasteiger partial charge in [-0.05, 0) is 61.9 Å². The maximum Gasteiger partial charge on any atom is 0.227 e. The largest absolute Gasteiger partial charge is 0.326 e. The van der Waals surface area contributed by atoms with Crippen LogP contribution in [0.4, 0.5) is 5.69 Å². The quantitative estimate of drug-likeness (QED) is 0.589. The Bertz CT molecular complexity index is 475. The molecule has 1 saturated carbocycles. The molecule has 1 aromatic rings. The van der Waals surface area contributed by atoms with Crippen LogP contribution in [-0.2, 0) is 4.79 Å². The molecule has 0 bridgehead atoms. The smallest absolute Gasteiger partial charge is 0.227 e. The first-order valence-corrected chi connectivity index (χ1v) is 8.81. The molecular weight excluding hydrogens is 312 g/mol. The molecule has 0 aromatic carbocycles. The van der Waals surface area contributed by atoms with E-state index >= 15 is 0 Å². The molecule has 0 aliphatic heterocycles. The number of nitrogens with one attached hydrogen (secondary N) is 2. The highest BCUT2D eigenvalue weighted by Gasteiger charge is 2.29. The Kier molecular flexibility index (Phi) is 7.27. The van der Waals surface area contributed by atoms with Crippen LogP contribution in [0.2, 0.25) is 0 Å². The zero-order chi connectivity index (χ0) is 16.7. The number of rotatable bonds is 7. The molecule has 5 nitrogen and oxygen atoms in total. The van der Waals surface area contributed by atoms with Gasteiger partial charge in [-0.15, -0.1) is 0 Å². The van der Waals surface area contributed by atoms with E-state index in [0.29, 0.717) is 12.0 Å². The van der Waals surface area contributed by atoms with Gasteiger partial charge in [0.05, 0.1) is 0 Å². The van der Waals surface area contributed by atoms with E-state index in [1.807, 2.05) is 12.1 Å². The number of pyridine rings is 1.